The third-order valence-corrected chi connectivity index (χ3v) is 3.67. The van der Waals surface area contributed by atoms with E-state index < -0.39 is 0 Å². The van der Waals surface area contributed by atoms with E-state index in [-0.39, 0.29) is 17.2 Å². The molecule has 0 aliphatic carbocycles. The number of halogens is 1. The van der Waals surface area contributed by atoms with Gasteiger partial charge in [0, 0.05) is 23.8 Å². The van der Waals surface area contributed by atoms with Crippen molar-refractivity contribution >= 4 is 29.3 Å². The summed E-state index contributed by atoms with van der Waals surface area (Å²) in [5.74, 6) is -0.299. The quantitative estimate of drug-likeness (QED) is 0.651. The molecule has 5 heteroatoms. The van der Waals surface area contributed by atoms with Crippen molar-refractivity contribution in [2.75, 3.05) is 6.54 Å². The Kier molecular flexibility index (Phi) is 6.18. The lowest BCUT2D eigenvalue weighted by atomic mass is 10.1. The second-order valence-corrected chi connectivity index (χ2v) is 5.48. The molecule has 0 bridgehead atoms. The molecule has 2 rings (SSSR count). The first-order valence-corrected chi connectivity index (χ1v) is 7.93. The Labute approximate surface area is 140 Å². The number of amides is 1. The van der Waals surface area contributed by atoms with Crippen molar-refractivity contribution in [3.63, 3.8) is 0 Å². The summed E-state index contributed by atoms with van der Waals surface area (Å²) in [4.78, 5) is 24.6. The molecule has 4 nitrogen and oxygen atoms in total. The van der Waals surface area contributed by atoms with Crippen LogP contribution in [-0.4, -0.2) is 17.0 Å². The van der Waals surface area contributed by atoms with Gasteiger partial charge in [-0.3, -0.25) is 14.2 Å². The Morgan fingerprint density at radius 3 is 2.65 bits per heavy atom. The third-order valence-electron chi connectivity index (χ3n) is 3.33. The van der Waals surface area contributed by atoms with Gasteiger partial charge in [0.15, 0.2) is 0 Å². The van der Waals surface area contributed by atoms with Gasteiger partial charge in [-0.15, -0.1) is 0 Å². The summed E-state index contributed by atoms with van der Waals surface area (Å²) in [6.45, 7) is 2.62. The van der Waals surface area contributed by atoms with Crippen LogP contribution in [0.3, 0.4) is 0 Å². The highest BCUT2D eigenvalue weighted by atomic mass is 35.5. The summed E-state index contributed by atoms with van der Waals surface area (Å²) < 4.78 is 1.32. The van der Waals surface area contributed by atoms with Crippen LogP contribution in [0.1, 0.15) is 25.3 Å². The number of benzene rings is 1. The Morgan fingerprint density at radius 2 is 1.96 bits per heavy atom. The summed E-state index contributed by atoms with van der Waals surface area (Å²) in [5, 5.41) is 3.36. The van der Waals surface area contributed by atoms with E-state index in [1.54, 1.807) is 36.5 Å². The predicted molar refractivity (Wildman–Crippen MR) is 94.2 cm³/mol. The van der Waals surface area contributed by atoms with E-state index in [1.807, 2.05) is 19.1 Å². The number of rotatable bonds is 6. The minimum absolute atomic E-state index is 0.250. The van der Waals surface area contributed by atoms with E-state index in [2.05, 4.69) is 5.32 Å². The maximum absolute atomic E-state index is 12.5. The van der Waals surface area contributed by atoms with Gasteiger partial charge in [0.1, 0.15) is 5.70 Å². The lowest BCUT2D eigenvalue weighted by Gasteiger charge is -2.11. The van der Waals surface area contributed by atoms with Crippen LogP contribution in [-0.2, 0) is 4.79 Å². The van der Waals surface area contributed by atoms with Crippen molar-refractivity contribution in [2.24, 2.45) is 0 Å². The molecule has 0 aliphatic heterocycles. The van der Waals surface area contributed by atoms with Crippen LogP contribution in [0.4, 0.5) is 0 Å². The summed E-state index contributed by atoms with van der Waals surface area (Å²) >= 11 is 6.16. The Balaban J connectivity index is 2.44. The second kappa shape index (κ2) is 8.34. The monoisotopic (exact) mass is 330 g/mol. The molecule has 0 fully saturated rings. The molecule has 120 valence electrons. The van der Waals surface area contributed by atoms with Crippen LogP contribution in [0.2, 0.25) is 5.02 Å². The van der Waals surface area contributed by atoms with Crippen LogP contribution >= 0.6 is 11.6 Å². The Hall–Kier alpha value is -2.33. The maximum Gasteiger partial charge on any atom is 0.268 e. The minimum Gasteiger partial charge on any atom is -0.351 e. The summed E-state index contributed by atoms with van der Waals surface area (Å²) in [7, 11) is 0. The van der Waals surface area contributed by atoms with Crippen molar-refractivity contribution in [3.05, 3.63) is 69.6 Å². The number of pyridine rings is 1. The van der Waals surface area contributed by atoms with Gasteiger partial charge in [-0.1, -0.05) is 49.2 Å². The molecule has 0 radical (unpaired) electrons. The average Bonchev–Trinajstić information content (AvgIpc) is 2.55. The fourth-order valence-corrected chi connectivity index (χ4v) is 2.27. The van der Waals surface area contributed by atoms with E-state index in [4.69, 9.17) is 11.6 Å². The van der Waals surface area contributed by atoms with E-state index in [1.165, 1.54) is 10.6 Å². The third kappa shape index (κ3) is 4.57. The molecule has 1 amide bonds. The molecule has 0 saturated carbocycles. The Morgan fingerprint density at radius 1 is 1.22 bits per heavy atom. The topological polar surface area (TPSA) is 51.1 Å². The lowest BCUT2D eigenvalue weighted by Crippen LogP contribution is -2.31. The molecule has 0 unspecified atom stereocenters. The number of carbonyl (C=O) groups excluding carboxylic acids is 1. The smallest absolute Gasteiger partial charge is 0.268 e. The second-order valence-electron chi connectivity index (χ2n) is 5.07. The predicted octanol–water partition coefficient (Wildman–Crippen LogP) is 3.42. The fourth-order valence-electron chi connectivity index (χ4n) is 2.08. The average molecular weight is 331 g/mol. The lowest BCUT2D eigenvalue weighted by molar-refractivity contribution is -0.115. The molecule has 1 N–H and O–H groups in total. The molecule has 1 aromatic carbocycles. The Bertz CT molecular complexity index is 765. The fraction of sp³-hybridized carbons (Fsp3) is 0.222. The number of nitrogens with zero attached hydrogens (tertiary/aromatic N) is 1. The van der Waals surface area contributed by atoms with Gasteiger partial charge < -0.3 is 5.32 Å². The van der Waals surface area contributed by atoms with Crippen LogP contribution in [0, 0.1) is 0 Å². The molecular formula is C18H19ClN2O2. The van der Waals surface area contributed by atoms with Gasteiger partial charge in [0.05, 0.1) is 0 Å². The number of carbonyl (C=O) groups is 1. The maximum atomic E-state index is 12.5. The zero-order chi connectivity index (χ0) is 16.7. The summed E-state index contributed by atoms with van der Waals surface area (Å²) in [5.41, 5.74) is 0.668. The molecule has 1 heterocycles. The highest BCUT2D eigenvalue weighted by Crippen LogP contribution is 2.19. The minimum atomic E-state index is -0.299. The SMILES string of the molecule is CCCCNC(=O)C(=Cc1ccccc1Cl)n1ccccc1=O. The van der Waals surface area contributed by atoms with Crippen molar-refractivity contribution < 1.29 is 4.79 Å². The van der Waals surface area contributed by atoms with Gasteiger partial charge in [0.2, 0.25) is 0 Å². The zero-order valence-electron chi connectivity index (χ0n) is 13.0. The summed E-state index contributed by atoms with van der Waals surface area (Å²) in [6, 6.07) is 12.0. The molecule has 0 saturated heterocycles. The van der Waals surface area contributed by atoms with Crippen molar-refractivity contribution in [3.8, 4) is 0 Å². The molecule has 0 atom stereocenters. The molecular weight excluding hydrogens is 312 g/mol. The van der Waals surface area contributed by atoms with E-state index in [0.717, 1.165) is 12.8 Å². The van der Waals surface area contributed by atoms with E-state index in [0.29, 0.717) is 17.1 Å². The van der Waals surface area contributed by atoms with Gasteiger partial charge in [0.25, 0.3) is 11.5 Å². The first-order valence-electron chi connectivity index (χ1n) is 7.56. The van der Waals surface area contributed by atoms with Crippen LogP contribution in [0.5, 0.6) is 0 Å². The van der Waals surface area contributed by atoms with Crippen LogP contribution in [0.15, 0.2) is 53.5 Å². The number of hydrogen-bond acceptors (Lipinski definition) is 2. The standard InChI is InChI=1S/C18H19ClN2O2/c1-2-3-11-20-18(23)16(21-12-7-6-10-17(21)22)13-14-8-4-5-9-15(14)19/h4-10,12-13H,2-3,11H2,1H3,(H,20,23). The number of hydrogen-bond donors (Lipinski definition) is 1. The van der Waals surface area contributed by atoms with Crippen molar-refractivity contribution in [2.45, 2.75) is 19.8 Å². The van der Waals surface area contributed by atoms with Gasteiger partial charge in [-0.2, -0.15) is 0 Å². The van der Waals surface area contributed by atoms with E-state index >= 15 is 0 Å². The normalized spacial score (nSPS) is 11.3. The molecule has 2 aromatic rings. The zero-order valence-corrected chi connectivity index (χ0v) is 13.7. The first kappa shape index (κ1) is 17.0. The number of unbranched alkanes of at least 4 members (excludes halogenated alkanes) is 1. The van der Waals surface area contributed by atoms with Gasteiger partial charge in [-0.05, 0) is 30.2 Å². The molecule has 1 aromatic heterocycles. The van der Waals surface area contributed by atoms with Gasteiger partial charge in [-0.25, -0.2) is 0 Å². The molecule has 0 aliphatic rings. The van der Waals surface area contributed by atoms with Crippen LogP contribution < -0.4 is 10.9 Å². The molecule has 23 heavy (non-hydrogen) atoms. The summed E-state index contributed by atoms with van der Waals surface area (Å²) in [6.07, 6.45) is 5.07. The van der Waals surface area contributed by atoms with Crippen molar-refractivity contribution in [1.82, 2.24) is 9.88 Å². The molecule has 0 spiro atoms. The van der Waals surface area contributed by atoms with Gasteiger partial charge >= 0.3 is 0 Å². The van der Waals surface area contributed by atoms with Crippen molar-refractivity contribution in [1.29, 1.82) is 0 Å². The largest absolute Gasteiger partial charge is 0.351 e. The van der Waals surface area contributed by atoms with Crippen LogP contribution in [0.25, 0.3) is 11.8 Å². The van der Waals surface area contributed by atoms with E-state index in [9.17, 15) is 9.59 Å². The highest BCUT2D eigenvalue weighted by Gasteiger charge is 2.13. The highest BCUT2D eigenvalue weighted by molar-refractivity contribution is 6.32. The first-order chi connectivity index (χ1) is 11.1. The number of aromatic nitrogens is 1. The number of nitrogens with one attached hydrogen (secondary N) is 1.